The summed E-state index contributed by atoms with van der Waals surface area (Å²) < 4.78 is 36.6. The van der Waals surface area contributed by atoms with Crippen molar-refractivity contribution in [2.75, 3.05) is 13.1 Å². The van der Waals surface area contributed by atoms with Crippen molar-refractivity contribution in [2.24, 2.45) is 0 Å². The summed E-state index contributed by atoms with van der Waals surface area (Å²) in [6.07, 6.45) is 2.87. The van der Waals surface area contributed by atoms with Gasteiger partial charge in [0, 0.05) is 19.6 Å². The van der Waals surface area contributed by atoms with Gasteiger partial charge in [0.25, 0.3) is 0 Å². The van der Waals surface area contributed by atoms with E-state index in [0.717, 1.165) is 37.3 Å². The Morgan fingerprint density at radius 3 is 2.92 bits per heavy atom. The highest BCUT2D eigenvalue weighted by Crippen LogP contribution is 2.30. The van der Waals surface area contributed by atoms with Crippen molar-refractivity contribution in [3.05, 3.63) is 41.7 Å². The molecule has 2 aliphatic heterocycles. The van der Waals surface area contributed by atoms with Crippen LogP contribution in [-0.2, 0) is 17.9 Å². The lowest BCUT2D eigenvalue weighted by Crippen LogP contribution is -2.47. The first-order chi connectivity index (χ1) is 11.7. The molecule has 1 aromatic carbocycles. The molecule has 24 heavy (non-hydrogen) atoms. The number of hydrogen-bond acceptors (Lipinski definition) is 5. The Labute approximate surface area is 138 Å². The van der Waals surface area contributed by atoms with E-state index in [1.54, 1.807) is 18.3 Å². The Morgan fingerprint density at radius 1 is 1.29 bits per heavy atom. The average molecular weight is 336 g/mol. The maximum Gasteiger partial charge on any atom is 0.387 e. The van der Waals surface area contributed by atoms with Crippen LogP contribution in [0.3, 0.4) is 0 Å². The van der Waals surface area contributed by atoms with Crippen LogP contribution in [0.15, 0.2) is 30.5 Å². The fraction of sp³-hybridized carbons (Fsp3) is 0.500. The van der Waals surface area contributed by atoms with Gasteiger partial charge in [-0.25, -0.2) is 4.68 Å². The van der Waals surface area contributed by atoms with E-state index in [1.807, 2.05) is 16.8 Å². The number of aromatic nitrogens is 3. The topological polar surface area (TPSA) is 52.4 Å². The average Bonchev–Trinajstić information content (AvgIpc) is 3.05. The van der Waals surface area contributed by atoms with Gasteiger partial charge >= 0.3 is 6.61 Å². The highest BCUT2D eigenvalue weighted by Gasteiger charge is 2.36. The van der Waals surface area contributed by atoms with E-state index in [4.69, 9.17) is 4.74 Å². The number of nitrogens with zero attached hydrogens (tertiary/aromatic N) is 4. The highest BCUT2D eigenvalue weighted by atomic mass is 19.3. The molecule has 128 valence electrons. The van der Waals surface area contributed by atoms with Gasteiger partial charge in [-0.05, 0) is 24.1 Å². The summed E-state index contributed by atoms with van der Waals surface area (Å²) in [4.78, 5) is 2.32. The number of halogens is 2. The monoisotopic (exact) mass is 336 g/mol. The maximum absolute atomic E-state index is 12.2. The van der Waals surface area contributed by atoms with Crippen molar-refractivity contribution in [1.29, 1.82) is 0 Å². The fourth-order valence-corrected chi connectivity index (χ4v) is 3.42. The van der Waals surface area contributed by atoms with E-state index in [1.165, 1.54) is 0 Å². The number of benzene rings is 1. The molecule has 2 aromatic rings. The number of alkyl halides is 2. The Morgan fingerprint density at radius 2 is 2.12 bits per heavy atom. The van der Waals surface area contributed by atoms with Crippen molar-refractivity contribution >= 4 is 0 Å². The summed E-state index contributed by atoms with van der Waals surface area (Å²) >= 11 is 0. The van der Waals surface area contributed by atoms with Crippen LogP contribution in [0.4, 0.5) is 8.78 Å². The lowest BCUT2D eigenvalue weighted by Gasteiger charge is -2.41. The zero-order chi connectivity index (χ0) is 16.5. The number of piperidine rings is 1. The van der Waals surface area contributed by atoms with Crippen LogP contribution in [0.1, 0.15) is 23.7 Å². The van der Waals surface area contributed by atoms with Gasteiger partial charge in [-0.2, -0.15) is 8.78 Å². The largest absolute Gasteiger partial charge is 0.435 e. The first-order valence-electron chi connectivity index (χ1n) is 7.96. The molecule has 4 rings (SSSR count). The number of likely N-dealkylation sites (tertiary alicyclic amines) is 1. The van der Waals surface area contributed by atoms with Crippen LogP contribution in [0.25, 0.3) is 0 Å². The van der Waals surface area contributed by atoms with E-state index >= 15 is 0 Å². The second-order valence-electron chi connectivity index (χ2n) is 6.13. The SMILES string of the molecule is FC(F)Oc1ccc(CN2CC[C@H]3OCc4cnnn4[C@H]3C2)cc1. The highest BCUT2D eigenvalue weighted by molar-refractivity contribution is 5.27. The van der Waals surface area contributed by atoms with Gasteiger partial charge in [-0.3, -0.25) is 4.90 Å². The van der Waals surface area contributed by atoms with Gasteiger partial charge in [-0.15, -0.1) is 5.10 Å². The predicted octanol–water partition coefficient (Wildman–Crippen LogP) is 2.23. The minimum Gasteiger partial charge on any atom is -0.435 e. The first kappa shape index (κ1) is 15.5. The van der Waals surface area contributed by atoms with E-state index < -0.39 is 6.61 Å². The third-order valence-corrected chi connectivity index (χ3v) is 4.57. The minimum atomic E-state index is -2.79. The summed E-state index contributed by atoms with van der Waals surface area (Å²) in [6.45, 7) is 0.289. The van der Waals surface area contributed by atoms with Crippen molar-refractivity contribution in [1.82, 2.24) is 19.9 Å². The maximum atomic E-state index is 12.2. The molecule has 1 fully saturated rings. The first-order valence-corrected chi connectivity index (χ1v) is 7.96. The van der Waals surface area contributed by atoms with Crippen molar-refractivity contribution in [3.63, 3.8) is 0 Å². The molecule has 0 bridgehead atoms. The van der Waals surface area contributed by atoms with Crippen LogP contribution in [0.5, 0.6) is 5.75 Å². The van der Waals surface area contributed by atoms with Crippen LogP contribution < -0.4 is 4.74 Å². The van der Waals surface area contributed by atoms with Crippen molar-refractivity contribution in [3.8, 4) is 5.75 Å². The molecule has 2 aliphatic rings. The third-order valence-electron chi connectivity index (χ3n) is 4.57. The normalized spacial score (nSPS) is 23.8. The Hall–Kier alpha value is -2.06. The minimum absolute atomic E-state index is 0.173. The quantitative estimate of drug-likeness (QED) is 0.857. The van der Waals surface area contributed by atoms with Gasteiger partial charge in [0.15, 0.2) is 0 Å². The smallest absolute Gasteiger partial charge is 0.387 e. The van der Waals surface area contributed by atoms with Gasteiger partial charge in [0.05, 0.1) is 30.6 Å². The summed E-state index contributed by atoms with van der Waals surface area (Å²) in [5, 5.41) is 8.17. The van der Waals surface area contributed by atoms with E-state index in [-0.39, 0.29) is 17.9 Å². The van der Waals surface area contributed by atoms with E-state index in [0.29, 0.717) is 6.61 Å². The molecule has 8 heteroatoms. The Balaban J connectivity index is 1.42. The van der Waals surface area contributed by atoms with Crippen LogP contribution in [0.2, 0.25) is 0 Å². The molecule has 0 radical (unpaired) electrons. The van der Waals surface area contributed by atoms with Crippen LogP contribution >= 0.6 is 0 Å². The third kappa shape index (κ3) is 3.11. The molecule has 0 amide bonds. The number of fused-ring (bicyclic) bond motifs is 3. The Kier molecular flexibility index (Phi) is 4.15. The van der Waals surface area contributed by atoms with Crippen LogP contribution in [-0.4, -0.2) is 45.7 Å². The molecule has 0 aliphatic carbocycles. The lowest BCUT2D eigenvalue weighted by molar-refractivity contribution is -0.0669. The van der Waals surface area contributed by atoms with Crippen molar-refractivity contribution in [2.45, 2.75) is 38.3 Å². The summed E-state index contributed by atoms with van der Waals surface area (Å²) in [7, 11) is 0. The van der Waals surface area contributed by atoms with E-state index in [2.05, 4.69) is 19.9 Å². The molecule has 2 atom stereocenters. The molecule has 0 saturated carbocycles. The molecule has 0 N–H and O–H groups in total. The van der Waals surface area contributed by atoms with Gasteiger partial charge in [0.1, 0.15) is 5.75 Å². The molecular formula is C16H18F2N4O2. The fourth-order valence-electron chi connectivity index (χ4n) is 3.42. The summed E-state index contributed by atoms with van der Waals surface area (Å²) in [6, 6.07) is 6.97. The van der Waals surface area contributed by atoms with Gasteiger partial charge in [0.2, 0.25) is 0 Å². The summed E-state index contributed by atoms with van der Waals surface area (Å²) in [5.41, 5.74) is 2.07. The second-order valence-corrected chi connectivity index (χ2v) is 6.13. The molecule has 6 nitrogen and oxygen atoms in total. The number of ether oxygens (including phenoxy) is 2. The van der Waals surface area contributed by atoms with Crippen molar-refractivity contribution < 1.29 is 18.3 Å². The van der Waals surface area contributed by atoms with Crippen LogP contribution in [0, 0.1) is 0 Å². The molecule has 3 heterocycles. The van der Waals surface area contributed by atoms with E-state index in [9.17, 15) is 8.78 Å². The molecule has 1 aromatic heterocycles. The predicted molar refractivity (Wildman–Crippen MR) is 80.6 cm³/mol. The zero-order valence-electron chi connectivity index (χ0n) is 13.0. The Bertz CT molecular complexity index is 692. The zero-order valence-corrected chi connectivity index (χ0v) is 13.0. The van der Waals surface area contributed by atoms with Gasteiger partial charge in [-0.1, -0.05) is 17.3 Å². The lowest BCUT2D eigenvalue weighted by atomic mass is 10.00. The second kappa shape index (κ2) is 6.45. The van der Waals surface area contributed by atoms with Gasteiger partial charge < -0.3 is 9.47 Å². The standard InChI is InChI=1S/C16H18F2N4O2/c17-16(18)24-13-3-1-11(2-4-13)8-21-6-5-15-14(9-21)22-12(10-23-15)7-19-20-22/h1-4,7,14-16H,5-6,8-10H2/t14-,15+/m0/s1. The molecule has 0 unspecified atom stereocenters. The molecule has 0 spiro atoms. The summed E-state index contributed by atoms with van der Waals surface area (Å²) in [5.74, 6) is 0.181. The molecular weight excluding hydrogens is 318 g/mol. The molecule has 1 saturated heterocycles. The number of hydrogen-bond donors (Lipinski definition) is 0. The number of rotatable bonds is 4.